The van der Waals surface area contributed by atoms with E-state index in [2.05, 4.69) is 18.7 Å². The molecule has 0 spiro atoms. The van der Waals surface area contributed by atoms with Crippen molar-refractivity contribution in [3.8, 4) is 0 Å². The zero-order chi connectivity index (χ0) is 19.8. The Labute approximate surface area is 159 Å². The first-order valence-corrected chi connectivity index (χ1v) is 10.4. The molecular formula is C20H24N2O4S. The fourth-order valence-corrected chi connectivity index (χ4v) is 4.41. The van der Waals surface area contributed by atoms with Crippen molar-refractivity contribution in [3.63, 3.8) is 0 Å². The molecule has 0 aromatic heterocycles. The van der Waals surface area contributed by atoms with Gasteiger partial charge in [0.2, 0.25) is 10.0 Å². The van der Waals surface area contributed by atoms with Crippen molar-refractivity contribution in [1.29, 1.82) is 0 Å². The van der Waals surface area contributed by atoms with Gasteiger partial charge >= 0.3 is 5.97 Å². The van der Waals surface area contributed by atoms with Crippen molar-refractivity contribution in [1.82, 2.24) is 0 Å². The van der Waals surface area contributed by atoms with E-state index >= 15 is 0 Å². The van der Waals surface area contributed by atoms with E-state index in [-0.39, 0.29) is 10.5 Å². The average Bonchev–Trinajstić information content (AvgIpc) is 2.93. The van der Waals surface area contributed by atoms with Gasteiger partial charge in [-0.1, -0.05) is 44.2 Å². The maximum atomic E-state index is 12.3. The van der Waals surface area contributed by atoms with E-state index in [4.69, 9.17) is 5.14 Å². The third-order valence-electron chi connectivity index (χ3n) is 5.29. The van der Waals surface area contributed by atoms with E-state index < -0.39 is 16.0 Å². The van der Waals surface area contributed by atoms with Crippen LogP contribution in [-0.4, -0.2) is 32.6 Å². The molecule has 27 heavy (non-hydrogen) atoms. The summed E-state index contributed by atoms with van der Waals surface area (Å²) in [5.74, 6) is -0.310. The molecule has 7 heteroatoms. The van der Waals surface area contributed by atoms with Gasteiger partial charge in [0.1, 0.15) is 0 Å². The minimum atomic E-state index is -4.08. The number of hydrogen-bond donors (Lipinski definition) is 2. The summed E-state index contributed by atoms with van der Waals surface area (Å²) in [4.78, 5) is 13.6. The number of sulfonamides is 1. The summed E-state index contributed by atoms with van der Waals surface area (Å²) in [5.41, 5.74) is 2.05. The van der Waals surface area contributed by atoms with E-state index in [0.29, 0.717) is 29.5 Å². The van der Waals surface area contributed by atoms with Gasteiger partial charge in [-0.3, -0.25) is 0 Å². The third-order valence-corrected chi connectivity index (χ3v) is 6.27. The number of hydrogen-bond acceptors (Lipinski definition) is 4. The van der Waals surface area contributed by atoms with Crippen molar-refractivity contribution in [2.45, 2.75) is 25.2 Å². The van der Waals surface area contributed by atoms with Crippen LogP contribution < -0.4 is 10.0 Å². The second-order valence-electron chi connectivity index (χ2n) is 7.34. The Morgan fingerprint density at radius 1 is 1.15 bits per heavy atom. The number of nitrogens with two attached hydrogens (primary N) is 1. The van der Waals surface area contributed by atoms with Crippen LogP contribution in [0.15, 0.2) is 47.4 Å². The summed E-state index contributed by atoms with van der Waals surface area (Å²) in [7, 11) is -4.08. The van der Waals surface area contributed by atoms with Gasteiger partial charge in [-0.15, -0.1) is 0 Å². The molecule has 3 N–H and O–H groups in total. The summed E-state index contributed by atoms with van der Waals surface area (Å²) in [6.07, 6.45) is 0.362. The molecule has 1 heterocycles. The molecule has 0 amide bonds. The highest BCUT2D eigenvalue weighted by Crippen LogP contribution is 2.35. The van der Waals surface area contributed by atoms with Gasteiger partial charge in [-0.2, -0.15) is 0 Å². The second-order valence-corrected chi connectivity index (χ2v) is 8.87. The summed E-state index contributed by atoms with van der Waals surface area (Å²) < 4.78 is 24.6. The van der Waals surface area contributed by atoms with Gasteiger partial charge in [0, 0.05) is 25.2 Å². The predicted octanol–water partition coefficient (Wildman–Crippen LogP) is 2.72. The summed E-state index contributed by atoms with van der Waals surface area (Å²) >= 11 is 0. The van der Waals surface area contributed by atoms with Gasteiger partial charge in [0.25, 0.3) is 0 Å². The van der Waals surface area contributed by atoms with Crippen LogP contribution in [0, 0.1) is 11.8 Å². The number of carboxylic acid groups (broad SMARTS) is 1. The monoisotopic (exact) mass is 388 g/mol. The van der Waals surface area contributed by atoms with Gasteiger partial charge in [-0.05, 0) is 35.1 Å². The zero-order valence-corrected chi connectivity index (χ0v) is 16.2. The topological polar surface area (TPSA) is 101 Å². The number of nitrogens with zero attached hydrogens (tertiary/aromatic N) is 1. The van der Waals surface area contributed by atoms with Crippen molar-refractivity contribution in [2.24, 2.45) is 17.0 Å². The highest BCUT2D eigenvalue weighted by Gasteiger charge is 2.30. The van der Waals surface area contributed by atoms with Crippen LogP contribution in [-0.2, 0) is 16.4 Å². The predicted molar refractivity (Wildman–Crippen MR) is 105 cm³/mol. The number of anilines is 1. The molecule has 2 atom stereocenters. The molecular weight excluding hydrogens is 364 g/mol. The Hall–Kier alpha value is -2.38. The Kier molecular flexibility index (Phi) is 5.26. The van der Waals surface area contributed by atoms with E-state index in [0.717, 1.165) is 18.7 Å². The summed E-state index contributed by atoms with van der Waals surface area (Å²) in [6.45, 7) is 5.78. The quantitative estimate of drug-likeness (QED) is 0.820. The number of rotatable bonds is 5. The first-order valence-electron chi connectivity index (χ1n) is 8.88. The molecule has 2 aromatic carbocycles. The van der Waals surface area contributed by atoms with Crippen LogP contribution in [0.1, 0.15) is 35.3 Å². The maximum Gasteiger partial charge on any atom is 0.335 e. The summed E-state index contributed by atoms with van der Waals surface area (Å²) in [6, 6.07) is 12.2. The molecule has 0 bridgehead atoms. The zero-order valence-electron chi connectivity index (χ0n) is 15.4. The minimum absolute atomic E-state index is 0.0713. The van der Waals surface area contributed by atoms with Gasteiger partial charge in [0.05, 0.1) is 10.5 Å². The molecule has 0 aliphatic carbocycles. The Morgan fingerprint density at radius 3 is 2.26 bits per heavy atom. The second kappa shape index (κ2) is 7.32. The van der Waals surface area contributed by atoms with Crippen molar-refractivity contribution in [3.05, 3.63) is 59.2 Å². The molecule has 1 saturated heterocycles. The van der Waals surface area contributed by atoms with Crippen LogP contribution >= 0.6 is 0 Å². The Morgan fingerprint density at radius 2 is 1.74 bits per heavy atom. The Bertz CT molecular complexity index is 947. The number of carbonyl (C=O) groups is 1. The maximum absolute atomic E-state index is 12.3. The highest BCUT2D eigenvalue weighted by molar-refractivity contribution is 7.89. The fraction of sp³-hybridized carbons (Fsp3) is 0.350. The molecule has 3 rings (SSSR count). The van der Waals surface area contributed by atoms with E-state index in [1.807, 2.05) is 30.3 Å². The van der Waals surface area contributed by atoms with Crippen LogP contribution in [0.5, 0.6) is 0 Å². The van der Waals surface area contributed by atoms with E-state index in [1.54, 1.807) is 6.07 Å². The van der Waals surface area contributed by atoms with Crippen molar-refractivity contribution < 1.29 is 18.3 Å². The van der Waals surface area contributed by atoms with Gasteiger partial charge in [0.15, 0.2) is 0 Å². The number of primary sulfonamides is 1. The van der Waals surface area contributed by atoms with Crippen LogP contribution in [0.25, 0.3) is 0 Å². The summed E-state index contributed by atoms with van der Waals surface area (Å²) in [5, 5.41) is 14.9. The highest BCUT2D eigenvalue weighted by atomic mass is 32.2. The lowest BCUT2D eigenvalue weighted by Gasteiger charge is -2.24. The largest absolute Gasteiger partial charge is 0.478 e. The molecule has 6 nitrogen and oxygen atoms in total. The average molecular weight is 388 g/mol. The van der Waals surface area contributed by atoms with E-state index in [9.17, 15) is 18.3 Å². The molecule has 144 valence electrons. The molecule has 1 fully saturated rings. The lowest BCUT2D eigenvalue weighted by atomic mass is 10.00. The third kappa shape index (κ3) is 4.14. The van der Waals surface area contributed by atoms with Gasteiger partial charge < -0.3 is 10.0 Å². The van der Waals surface area contributed by atoms with Crippen LogP contribution in [0.4, 0.5) is 5.69 Å². The van der Waals surface area contributed by atoms with Crippen LogP contribution in [0.2, 0.25) is 0 Å². The molecule has 1 aliphatic rings. The van der Waals surface area contributed by atoms with Crippen molar-refractivity contribution in [2.75, 3.05) is 18.0 Å². The lowest BCUT2D eigenvalue weighted by Crippen LogP contribution is -2.24. The Balaban J connectivity index is 2.21. The molecule has 1 aliphatic heterocycles. The molecule has 0 radical (unpaired) electrons. The van der Waals surface area contributed by atoms with E-state index in [1.165, 1.54) is 6.07 Å². The standard InChI is InChI=1S/C20H24N2O4S/c1-13-11-22(12-14(13)2)18-9-16(20(23)24)10-19(27(21,25)26)17(18)8-15-6-4-3-5-7-15/h3-7,9-10,13-14H,8,11-12H2,1-2H3,(H,23,24)(H2,21,25,26). The normalized spacial score (nSPS) is 20.0. The van der Waals surface area contributed by atoms with Crippen molar-refractivity contribution >= 4 is 21.7 Å². The number of benzene rings is 2. The first kappa shape index (κ1) is 19.4. The molecule has 0 saturated carbocycles. The lowest BCUT2D eigenvalue weighted by molar-refractivity contribution is 0.0696. The van der Waals surface area contributed by atoms with Crippen LogP contribution in [0.3, 0.4) is 0 Å². The number of carboxylic acids is 1. The number of aromatic carboxylic acids is 1. The fourth-order valence-electron chi connectivity index (χ4n) is 3.59. The SMILES string of the molecule is CC1CN(c2cc(C(=O)O)cc(S(N)(=O)=O)c2Cc2ccccc2)CC1C. The smallest absolute Gasteiger partial charge is 0.335 e. The first-order chi connectivity index (χ1) is 12.7. The molecule has 2 aromatic rings. The molecule has 2 unspecified atom stereocenters. The van der Waals surface area contributed by atoms with Gasteiger partial charge in [-0.25, -0.2) is 18.4 Å². The minimum Gasteiger partial charge on any atom is -0.478 e.